The molecule has 1 aromatic carbocycles. The van der Waals surface area contributed by atoms with Crippen molar-refractivity contribution in [1.29, 1.82) is 0 Å². The number of benzene rings is 1. The third-order valence-electron chi connectivity index (χ3n) is 4.89. The van der Waals surface area contributed by atoms with E-state index in [0.29, 0.717) is 23.9 Å². The number of H-pyrrole nitrogens is 1. The van der Waals surface area contributed by atoms with E-state index in [1.807, 2.05) is 18.2 Å². The highest BCUT2D eigenvalue weighted by atomic mass is 16.5. The van der Waals surface area contributed by atoms with Crippen LogP contribution in [0.5, 0.6) is 0 Å². The Hall–Kier alpha value is -2.54. The van der Waals surface area contributed by atoms with Crippen LogP contribution >= 0.6 is 0 Å². The minimum Gasteiger partial charge on any atom is -0.376 e. The third-order valence-corrected chi connectivity index (χ3v) is 4.89. The minimum absolute atomic E-state index is 0.0864. The number of fused-ring (bicyclic) bond motifs is 1. The van der Waals surface area contributed by atoms with E-state index in [9.17, 15) is 9.59 Å². The predicted molar refractivity (Wildman–Crippen MR) is 94.7 cm³/mol. The van der Waals surface area contributed by atoms with Gasteiger partial charge >= 0.3 is 6.03 Å². The fourth-order valence-corrected chi connectivity index (χ4v) is 3.46. The molecule has 25 heavy (non-hydrogen) atoms. The Morgan fingerprint density at radius 3 is 2.80 bits per heavy atom. The number of carbonyl (C=O) groups excluding carboxylic acids is 2. The zero-order valence-electron chi connectivity index (χ0n) is 14.1. The van der Waals surface area contributed by atoms with E-state index in [1.165, 1.54) is 12.8 Å². The van der Waals surface area contributed by atoms with E-state index in [2.05, 4.69) is 20.9 Å². The molecule has 4 N–H and O–H groups in total. The molecule has 4 rings (SSSR count). The van der Waals surface area contributed by atoms with Crippen LogP contribution in [0.1, 0.15) is 29.8 Å². The molecular weight excluding hydrogens is 320 g/mol. The lowest BCUT2D eigenvalue weighted by molar-refractivity contribution is 0.0829. The van der Waals surface area contributed by atoms with E-state index in [-0.39, 0.29) is 24.1 Å². The average Bonchev–Trinajstić information content (AvgIpc) is 3.19. The highest BCUT2D eigenvalue weighted by Crippen LogP contribution is 2.38. The zero-order chi connectivity index (χ0) is 17.4. The number of rotatable bonds is 4. The van der Waals surface area contributed by atoms with Crippen molar-refractivity contribution < 1.29 is 14.3 Å². The average molecular weight is 342 g/mol. The van der Waals surface area contributed by atoms with Crippen molar-refractivity contribution >= 4 is 28.5 Å². The molecule has 1 saturated heterocycles. The van der Waals surface area contributed by atoms with E-state index < -0.39 is 0 Å². The van der Waals surface area contributed by atoms with Crippen molar-refractivity contribution in [2.24, 2.45) is 5.92 Å². The topological polar surface area (TPSA) is 95.2 Å². The summed E-state index contributed by atoms with van der Waals surface area (Å²) in [7, 11) is 1.59. The number of carbonyl (C=O) groups is 2. The third kappa shape index (κ3) is 3.32. The highest BCUT2D eigenvalue weighted by Gasteiger charge is 2.41. The number of ether oxygens (including phenoxy) is 1. The molecule has 1 aromatic heterocycles. The molecule has 7 nitrogen and oxygen atoms in total. The van der Waals surface area contributed by atoms with Gasteiger partial charge in [-0.15, -0.1) is 0 Å². The number of hydrogen-bond acceptors (Lipinski definition) is 3. The zero-order valence-corrected chi connectivity index (χ0v) is 14.1. The first-order valence-electron chi connectivity index (χ1n) is 8.68. The summed E-state index contributed by atoms with van der Waals surface area (Å²) in [6.07, 6.45) is 3.42. The van der Waals surface area contributed by atoms with Crippen LogP contribution in [0.25, 0.3) is 10.9 Å². The molecule has 3 amide bonds. The van der Waals surface area contributed by atoms with Crippen LogP contribution < -0.4 is 16.0 Å². The Kier molecular flexibility index (Phi) is 4.09. The van der Waals surface area contributed by atoms with Crippen molar-refractivity contribution in [3.8, 4) is 0 Å². The summed E-state index contributed by atoms with van der Waals surface area (Å²) < 4.78 is 5.75. The molecule has 2 fully saturated rings. The molecule has 0 bridgehead atoms. The molecule has 2 atom stereocenters. The molecule has 1 aliphatic carbocycles. The molecule has 2 heterocycles. The summed E-state index contributed by atoms with van der Waals surface area (Å²) in [5, 5.41) is 9.36. The van der Waals surface area contributed by atoms with Gasteiger partial charge in [-0.25, -0.2) is 4.79 Å². The van der Waals surface area contributed by atoms with Crippen LogP contribution in [0.15, 0.2) is 24.3 Å². The first kappa shape index (κ1) is 16.0. The Bertz CT molecular complexity index is 812. The monoisotopic (exact) mass is 342 g/mol. The van der Waals surface area contributed by atoms with Gasteiger partial charge in [0.2, 0.25) is 0 Å². The van der Waals surface area contributed by atoms with Crippen LogP contribution in [0.3, 0.4) is 0 Å². The second-order valence-electron chi connectivity index (χ2n) is 6.73. The Morgan fingerprint density at radius 2 is 2.04 bits per heavy atom. The van der Waals surface area contributed by atoms with Crippen molar-refractivity contribution in [1.82, 2.24) is 15.6 Å². The molecule has 0 spiro atoms. The summed E-state index contributed by atoms with van der Waals surface area (Å²) >= 11 is 0. The van der Waals surface area contributed by atoms with Crippen LogP contribution in [0.2, 0.25) is 0 Å². The Morgan fingerprint density at radius 1 is 1.20 bits per heavy atom. The fraction of sp³-hybridized carbons (Fsp3) is 0.444. The lowest BCUT2D eigenvalue weighted by Crippen LogP contribution is -2.43. The maximum absolute atomic E-state index is 12.3. The van der Waals surface area contributed by atoms with Gasteiger partial charge in [-0.1, -0.05) is 0 Å². The Balaban J connectivity index is 1.42. The number of urea groups is 1. The van der Waals surface area contributed by atoms with Gasteiger partial charge in [0.1, 0.15) is 5.69 Å². The van der Waals surface area contributed by atoms with Crippen molar-refractivity contribution in [2.45, 2.75) is 31.4 Å². The summed E-state index contributed by atoms with van der Waals surface area (Å²) in [5.74, 6) is 0.433. The number of anilines is 1. The molecule has 2 aromatic rings. The smallest absolute Gasteiger partial charge is 0.319 e. The van der Waals surface area contributed by atoms with Gasteiger partial charge in [-0.3, -0.25) is 4.79 Å². The quantitative estimate of drug-likeness (QED) is 0.686. The van der Waals surface area contributed by atoms with E-state index in [4.69, 9.17) is 4.74 Å². The summed E-state index contributed by atoms with van der Waals surface area (Å²) in [6, 6.07) is 7.15. The number of aromatic nitrogens is 1. The summed E-state index contributed by atoms with van der Waals surface area (Å²) in [6.45, 7) is 0.712. The maximum Gasteiger partial charge on any atom is 0.319 e. The molecule has 1 aliphatic heterocycles. The van der Waals surface area contributed by atoms with E-state index in [1.54, 1.807) is 13.1 Å². The molecule has 1 saturated carbocycles. The lowest BCUT2D eigenvalue weighted by atomic mass is 10.1. The normalized spacial score (nSPS) is 22.8. The molecule has 0 radical (unpaired) electrons. The molecule has 132 valence electrons. The van der Waals surface area contributed by atoms with Gasteiger partial charge < -0.3 is 25.7 Å². The molecular formula is C18H22N4O3. The first-order chi connectivity index (χ1) is 12.1. The first-order valence-corrected chi connectivity index (χ1v) is 8.68. The van der Waals surface area contributed by atoms with Gasteiger partial charge in [-0.05, 0) is 49.4 Å². The van der Waals surface area contributed by atoms with Crippen molar-refractivity contribution in [3.05, 3.63) is 30.0 Å². The van der Waals surface area contributed by atoms with Gasteiger partial charge in [0.15, 0.2) is 0 Å². The van der Waals surface area contributed by atoms with Crippen LogP contribution in [0.4, 0.5) is 10.5 Å². The number of hydrogen-bond donors (Lipinski definition) is 4. The van der Waals surface area contributed by atoms with Crippen molar-refractivity contribution in [3.63, 3.8) is 0 Å². The molecule has 0 unspecified atom stereocenters. The Labute approximate surface area is 145 Å². The predicted octanol–water partition coefficient (Wildman–Crippen LogP) is 2.22. The standard InChI is InChI=1S/C18H22N4O3/c1-19-17(23)15-9-11-8-12(4-5-13(11)21-15)20-18(24)22-14-6-7-25-16(14)10-2-3-10/h4-5,8-10,14,16,21H,2-3,6-7H2,1H3,(H,19,23)(H2,20,22,24)/t14-,16+/m0/s1. The van der Waals surface area contributed by atoms with E-state index in [0.717, 1.165) is 17.3 Å². The summed E-state index contributed by atoms with van der Waals surface area (Å²) in [4.78, 5) is 27.1. The van der Waals surface area contributed by atoms with E-state index >= 15 is 0 Å². The SMILES string of the molecule is CNC(=O)c1cc2cc(NC(=O)N[C@H]3CCO[C@@H]3C3CC3)ccc2[nH]1. The lowest BCUT2D eigenvalue weighted by Gasteiger charge is -2.19. The van der Waals surface area contributed by atoms with Crippen LogP contribution in [-0.4, -0.2) is 42.7 Å². The maximum atomic E-state index is 12.3. The highest BCUT2D eigenvalue weighted by molar-refractivity contribution is 5.99. The van der Waals surface area contributed by atoms with Gasteiger partial charge in [-0.2, -0.15) is 0 Å². The summed E-state index contributed by atoms with van der Waals surface area (Å²) in [5.41, 5.74) is 2.03. The van der Waals surface area contributed by atoms with Gasteiger partial charge in [0.05, 0.1) is 12.1 Å². The largest absolute Gasteiger partial charge is 0.376 e. The van der Waals surface area contributed by atoms with Crippen LogP contribution in [0, 0.1) is 5.92 Å². The number of nitrogens with one attached hydrogen (secondary N) is 4. The molecule has 7 heteroatoms. The van der Waals surface area contributed by atoms with Gasteiger partial charge in [0, 0.05) is 30.2 Å². The van der Waals surface area contributed by atoms with Crippen LogP contribution in [-0.2, 0) is 4.74 Å². The number of amides is 3. The number of aromatic amines is 1. The molecule has 2 aliphatic rings. The van der Waals surface area contributed by atoms with Crippen molar-refractivity contribution in [2.75, 3.05) is 19.0 Å². The second kappa shape index (κ2) is 6.40. The fourth-order valence-electron chi connectivity index (χ4n) is 3.46. The second-order valence-corrected chi connectivity index (χ2v) is 6.73. The van der Waals surface area contributed by atoms with Gasteiger partial charge in [0.25, 0.3) is 5.91 Å². The minimum atomic E-state index is -0.220.